The van der Waals surface area contributed by atoms with E-state index in [0.29, 0.717) is 12.4 Å². The molecule has 0 aromatic carbocycles. The summed E-state index contributed by atoms with van der Waals surface area (Å²) in [4.78, 5) is 8.27. The van der Waals surface area contributed by atoms with Gasteiger partial charge in [0.2, 0.25) is 0 Å². The Labute approximate surface area is 134 Å². The lowest BCUT2D eigenvalue weighted by Gasteiger charge is -2.38. The predicted octanol–water partition coefficient (Wildman–Crippen LogP) is 2.11. The van der Waals surface area contributed by atoms with E-state index >= 15 is 0 Å². The Morgan fingerprint density at radius 2 is 1.91 bits per heavy atom. The molecule has 1 aromatic heterocycles. The highest BCUT2D eigenvalue weighted by Crippen LogP contribution is 2.19. The van der Waals surface area contributed by atoms with Gasteiger partial charge in [0.05, 0.1) is 12.6 Å². The molecule has 23 heavy (non-hydrogen) atoms. The molecule has 0 saturated carbocycles. The van der Waals surface area contributed by atoms with Gasteiger partial charge in [0, 0.05) is 38.6 Å². The van der Waals surface area contributed by atoms with Crippen molar-refractivity contribution < 1.29 is 13.2 Å². The molecule has 1 aliphatic rings. The van der Waals surface area contributed by atoms with Crippen LogP contribution in [0.25, 0.3) is 0 Å². The second-order valence-corrected chi connectivity index (χ2v) is 6.22. The van der Waals surface area contributed by atoms with Crippen LogP contribution in [0, 0.1) is 17.2 Å². The first kappa shape index (κ1) is 17.8. The molecule has 8 heteroatoms. The molecule has 2 heterocycles. The van der Waals surface area contributed by atoms with Gasteiger partial charge in [0.1, 0.15) is 18.4 Å². The summed E-state index contributed by atoms with van der Waals surface area (Å²) in [6.07, 6.45) is -1.48. The fraction of sp³-hybridized carbons (Fsp3) is 0.733. The van der Waals surface area contributed by atoms with Gasteiger partial charge >= 0.3 is 6.18 Å². The number of rotatable bonds is 5. The zero-order chi connectivity index (χ0) is 17.0. The Morgan fingerprint density at radius 3 is 2.43 bits per heavy atom. The van der Waals surface area contributed by atoms with Crippen LogP contribution < -0.4 is 0 Å². The minimum absolute atomic E-state index is 0.107. The molecule has 0 radical (unpaired) electrons. The molecule has 1 atom stereocenters. The second-order valence-electron chi connectivity index (χ2n) is 6.22. The first-order valence-electron chi connectivity index (χ1n) is 7.73. The van der Waals surface area contributed by atoms with Gasteiger partial charge in [-0.25, -0.2) is 4.98 Å². The summed E-state index contributed by atoms with van der Waals surface area (Å²) in [6.45, 7) is 6.38. The molecule has 0 spiro atoms. The van der Waals surface area contributed by atoms with Crippen molar-refractivity contribution in [2.24, 2.45) is 5.92 Å². The summed E-state index contributed by atoms with van der Waals surface area (Å²) in [6, 6.07) is 2.23. The molecule has 0 bridgehead atoms. The van der Waals surface area contributed by atoms with Crippen molar-refractivity contribution in [1.82, 2.24) is 19.4 Å². The minimum atomic E-state index is -4.24. The van der Waals surface area contributed by atoms with Crippen molar-refractivity contribution >= 4 is 0 Å². The van der Waals surface area contributed by atoms with Gasteiger partial charge in [-0.15, -0.1) is 0 Å². The van der Waals surface area contributed by atoms with Crippen molar-refractivity contribution in [2.75, 3.05) is 26.2 Å². The summed E-state index contributed by atoms with van der Waals surface area (Å²) in [5, 5.41) is 9.24. The van der Waals surface area contributed by atoms with Crippen molar-refractivity contribution in [3.05, 3.63) is 18.2 Å². The molecule has 5 nitrogen and oxygen atoms in total. The molecule has 2 rings (SSSR count). The summed E-state index contributed by atoms with van der Waals surface area (Å²) in [5.74, 6) is 0.689. The quantitative estimate of drug-likeness (QED) is 0.830. The van der Waals surface area contributed by atoms with Crippen LogP contribution >= 0.6 is 0 Å². The highest BCUT2D eigenvalue weighted by molar-refractivity contribution is 4.97. The number of halogens is 3. The number of nitrogens with zero attached hydrogens (tertiary/aromatic N) is 5. The maximum atomic E-state index is 12.5. The van der Waals surface area contributed by atoms with Crippen molar-refractivity contribution in [3.63, 3.8) is 0 Å². The largest absolute Gasteiger partial charge is 0.406 e. The van der Waals surface area contributed by atoms with E-state index in [4.69, 9.17) is 0 Å². The molecule has 1 fully saturated rings. The molecule has 1 aliphatic heterocycles. The van der Waals surface area contributed by atoms with Gasteiger partial charge in [-0.05, 0) is 5.92 Å². The number of hydrogen-bond acceptors (Lipinski definition) is 4. The Morgan fingerprint density at radius 1 is 1.26 bits per heavy atom. The van der Waals surface area contributed by atoms with E-state index in [2.05, 4.69) is 20.9 Å². The van der Waals surface area contributed by atoms with Crippen LogP contribution in [0.3, 0.4) is 0 Å². The highest BCUT2D eigenvalue weighted by atomic mass is 19.4. The van der Waals surface area contributed by atoms with E-state index in [1.165, 1.54) is 12.4 Å². The van der Waals surface area contributed by atoms with E-state index in [9.17, 15) is 18.4 Å². The lowest BCUT2D eigenvalue weighted by atomic mass is 10.0. The zero-order valence-corrected chi connectivity index (χ0v) is 13.4. The van der Waals surface area contributed by atoms with E-state index in [-0.39, 0.29) is 12.0 Å². The molecule has 1 aromatic rings. The fourth-order valence-electron chi connectivity index (χ4n) is 2.88. The number of piperazine rings is 1. The topological polar surface area (TPSA) is 48.1 Å². The van der Waals surface area contributed by atoms with Gasteiger partial charge < -0.3 is 4.57 Å². The van der Waals surface area contributed by atoms with Crippen LogP contribution in [0.4, 0.5) is 13.2 Å². The molecule has 0 N–H and O–H groups in total. The Balaban J connectivity index is 1.90. The maximum absolute atomic E-state index is 12.5. The predicted molar refractivity (Wildman–Crippen MR) is 79.4 cm³/mol. The molecule has 0 amide bonds. The van der Waals surface area contributed by atoms with Gasteiger partial charge in [-0.3, -0.25) is 9.80 Å². The van der Waals surface area contributed by atoms with Gasteiger partial charge in [-0.1, -0.05) is 13.8 Å². The normalized spacial score (nSPS) is 19.0. The fourth-order valence-corrected chi connectivity index (χ4v) is 2.88. The number of alkyl halides is 3. The Hall–Kier alpha value is -1.59. The monoisotopic (exact) mass is 329 g/mol. The van der Waals surface area contributed by atoms with Crippen LogP contribution in [0.2, 0.25) is 0 Å². The number of imidazole rings is 1. The number of aromatic nitrogens is 2. The van der Waals surface area contributed by atoms with Crippen LogP contribution in [0.1, 0.15) is 19.7 Å². The maximum Gasteiger partial charge on any atom is 0.406 e. The third kappa shape index (κ3) is 4.94. The molecular formula is C15H22F3N5. The van der Waals surface area contributed by atoms with Crippen molar-refractivity contribution in [1.29, 1.82) is 5.26 Å². The van der Waals surface area contributed by atoms with Crippen LogP contribution in [-0.2, 0) is 13.1 Å². The molecular weight excluding hydrogens is 307 g/mol. The zero-order valence-electron chi connectivity index (χ0n) is 13.4. The molecule has 0 unspecified atom stereocenters. The van der Waals surface area contributed by atoms with Crippen molar-refractivity contribution in [3.8, 4) is 6.07 Å². The summed E-state index contributed by atoms with van der Waals surface area (Å²) in [7, 11) is 0. The third-order valence-corrected chi connectivity index (χ3v) is 4.08. The van der Waals surface area contributed by atoms with E-state index in [0.717, 1.165) is 30.7 Å². The third-order valence-electron chi connectivity index (χ3n) is 4.08. The summed E-state index contributed by atoms with van der Waals surface area (Å²) in [5.41, 5.74) is 0. The lowest BCUT2D eigenvalue weighted by Crippen LogP contribution is -2.51. The van der Waals surface area contributed by atoms with Gasteiger partial charge in [0.25, 0.3) is 0 Å². The first-order valence-corrected chi connectivity index (χ1v) is 7.73. The number of nitriles is 1. The molecule has 128 valence electrons. The molecule has 0 aliphatic carbocycles. The van der Waals surface area contributed by atoms with Gasteiger partial charge in [-0.2, -0.15) is 18.4 Å². The van der Waals surface area contributed by atoms with Gasteiger partial charge in [0.15, 0.2) is 0 Å². The average Bonchev–Trinajstić information content (AvgIpc) is 2.86. The smallest absolute Gasteiger partial charge is 0.325 e. The summed E-state index contributed by atoms with van der Waals surface area (Å²) >= 11 is 0. The van der Waals surface area contributed by atoms with E-state index in [1.54, 1.807) is 0 Å². The molecule has 1 saturated heterocycles. The number of hydrogen-bond donors (Lipinski definition) is 0. The first-order chi connectivity index (χ1) is 10.8. The van der Waals surface area contributed by atoms with E-state index in [1.807, 2.05) is 13.8 Å². The van der Waals surface area contributed by atoms with Crippen LogP contribution in [-0.4, -0.2) is 57.7 Å². The SMILES string of the molecule is CC(C)[C@@H](C#N)N1CCN(Cc2nccn2CC(F)(F)F)CC1. The Bertz CT molecular complexity index is 538. The van der Waals surface area contributed by atoms with Crippen LogP contribution in [0.15, 0.2) is 12.4 Å². The van der Waals surface area contributed by atoms with Crippen molar-refractivity contribution in [2.45, 2.75) is 39.2 Å². The Kier molecular flexibility index (Phi) is 5.65. The average molecular weight is 329 g/mol. The summed E-state index contributed by atoms with van der Waals surface area (Å²) < 4.78 is 38.7. The lowest BCUT2D eigenvalue weighted by molar-refractivity contribution is -0.141. The van der Waals surface area contributed by atoms with Crippen LogP contribution in [0.5, 0.6) is 0 Å². The van der Waals surface area contributed by atoms with E-state index < -0.39 is 12.7 Å². The standard InChI is InChI=1S/C15H22F3N5/c1-12(2)13(9-19)22-7-5-21(6-8-22)10-14-20-3-4-23(14)11-15(16,17)18/h3-4,12-13H,5-8,10-11H2,1-2H3/t13-/m1/s1. The second kappa shape index (κ2) is 7.32. The minimum Gasteiger partial charge on any atom is -0.325 e. The highest BCUT2D eigenvalue weighted by Gasteiger charge is 2.30.